The van der Waals surface area contributed by atoms with E-state index in [4.69, 9.17) is 32.7 Å². The molecule has 0 radical (unpaired) electrons. The summed E-state index contributed by atoms with van der Waals surface area (Å²) in [4.78, 5) is 23.6. The molecule has 0 amide bonds. The molecule has 0 aliphatic rings. The summed E-state index contributed by atoms with van der Waals surface area (Å²) in [6, 6.07) is 6.04. The van der Waals surface area contributed by atoms with E-state index >= 15 is 0 Å². The van der Waals surface area contributed by atoms with Crippen molar-refractivity contribution in [1.82, 2.24) is 0 Å². The number of carbonyl (C=O) groups is 2. The van der Waals surface area contributed by atoms with E-state index in [9.17, 15) is 9.59 Å². The van der Waals surface area contributed by atoms with Crippen LogP contribution in [-0.2, 0) is 9.47 Å². The van der Waals surface area contributed by atoms with Gasteiger partial charge in [0.25, 0.3) is 0 Å². The van der Waals surface area contributed by atoms with Crippen molar-refractivity contribution in [2.75, 3.05) is 0 Å². The van der Waals surface area contributed by atoms with E-state index in [0.717, 1.165) is 0 Å². The maximum Gasteiger partial charge on any atom is 0.339 e. The molecule has 0 heterocycles. The Hall–Kier alpha value is -1.26. The Labute approximate surface area is 128 Å². The van der Waals surface area contributed by atoms with E-state index < -0.39 is 23.1 Å². The number of ether oxygens (including phenoxy) is 2. The minimum Gasteiger partial charge on any atom is -0.442 e. The molecular weight excluding hydrogens is 303 g/mol. The molecule has 1 aromatic rings. The van der Waals surface area contributed by atoms with Crippen LogP contribution in [0, 0.1) is 0 Å². The Bertz CT molecular complexity index is 437. The van der Waals surface area contributed by atoms with Crippen molar-refractivity contribution in [3.8, 4) is 0 Å². The molecule has 20 heavy (non-hydrogen) atoms. The molecule has 2 atom stereocenters. The fourth-order valence-corrected chi connectivity index (χ4v) is 1.47. The van der Waals surface area contributed by atoms with Crippen LogP contribution in [0.15, 0.2) is 24.3 Å². The molecule has 0 spiro atoms. The van der Waals surface area contributed by atoms with Crippen LogP contribution in [-0.4, -0.2) is 23.1 Å². The fourth-order valence-electron chi connectivity index (χ4n) is 1.31. The molecule has 0 aliphatic carbocycles. The fraction of sp³-hybridized carbons (Fsp3) is 0.429. The number of rotatable bonds is 6. The number of alkyl halides is 2. The standard InChI is InChI=1S/C14H16Cl2O4/c1-3-11(15)19-13(17)9-6-5-7-10(8-9)14(18)20-12(16)4-2/h5-8,11-12H,3-4H2,1-2H3. The zero-order valence-electron chi connectivity index (χ0n) is 11.3. The van der Waals surface area contributed by atoms with Gasteiger partial charge in [0, 0.05) is 0 Å². The summed E-state index contributed by atoms with van der Waals surface area (Å²) in [5.41, 5.74) is -0.904. The highest BCUT2D eigenvalue weighted by Gasteiger charge is 2.16. The molecule has 0 saturated carbocycles. The first-order valence-corrected chi connectivity index (χ1v) is 7.15. The average Bonchev–Trinajstić information content (AvgIpc) is 2.46. The van der Waals surface area contributed by atoms with Gasteiger partial charge in [0.1, 0.15) is 0 Å². The van der Waals surface area contributed by atoms with Crippen LogP contribution in [0.4, 0.5) is 0 Å². The quantitative estimate of drug-likeness (QED) is 0.588. The molecule has 1 aromatic carbocycles. The van der Waals surface area contributed by atoms with Crippen LogP contribution in [0.3, 0.4) is 0 Å². The summed E-state index contributed by atoms with van der Waals surface area (Å²) < 4.78 is 9.94. The van der Waals surface area contributed by atoms with Crippen molar-refractivity contribution in [1.29, 1.82) is 0 Å². The van der Waals surface area contributed by atoms with E-state index in [1.165, 1.54) is 18.2 Å². The van der Waals surface area contributed by atoms with Crippen LogP contribution in [0.5, 0.6) is 0 Å². The second-order valence-corrected chi connectivity index (χ2v) is 5.00. The Balaban J connectivity index is 2.80. The zero-order valence-corrected chi connectivity index (χ0v) is 12.8. The van der Waals surface area contributed by atoms with E-state index in [1.807, 2.05) is 0 Å². The van der Waals surface area contributed by atoms with Crippen LogP contribution in [0.2, 0.25) is 0 Å². The van der Waals surface area contributed by atoms with Gasteiger partial charge in [-0.25, -0.2) is 9.59 Å². The molecule has 0 aromatic heterocycles. The summed E-state index contributed by atoms with van der Waals surface area (Å²) in [5.74, 6) is -1.17. The predicted octanol–water partition coefficient (Wildman–Crippen LogP) is 3.95. The van der Waals surface area contributed by atoms with Gasteiger partial charge in [-0.15, -0.1) is 0 Å². The molecule has 0 aliphatic heterocycles. The number of hydrogen-bond donors (Lipinski definition) is 0. The van der Waals surface area contributed by atoms with Gasteiger partial charge in [-0.2, -0.15) is 0 Å². The first kappa shape index (κ1) is 16.8. The van der Waals surface area contributed by atoms with Crippen molar-refractivity contribution < 1.29 is 19.1 Å². The third-order valence-electron chi connectivity index (χ3n) is 2.45. The normalized spacial score (nSPS) is 13.4. The summed E-state index contributed by atoms with van der Waals surface area (Å²) in [6.07, 6.45) is 0.999. The second-order valence-electron chi connectivity index (χ2n) is 4.03. The van der Waals surface area contributed by atoms with Gasteiger partial charge in [0.2, 0.25) is 0 Å². The van der Waals surface area contributed by atoms with Crippen molar-refractivity contribution in [3.05, 3.63) is 35.4 Å². The van der Waals surface area contributed by atoms with Gasteiger partial charge >= 0.3 is 11.9 Å². The molecule has 0 saturated heterocycles. The second kappa shape index (κ2) is 8.12. The summed E-state index contributed by atoms with van der Waals surface area (Å²) >= 11 is 11.5. The molecule has 6 heteroatoms. The first-order valence-electron chi connectivity index (χ1n) is 6.28. The lowest BCUT2D eigenvalue weighted by atomic mass is 10.1. The maximum atomic E-state index is 11.8. The highest BCUT2D eigenvalue weighted by Crippen LogP contribution is 2.14. The largest absolute Gasteiger partial charge is 0.442 e. The van der Waals surface area contributed by atoms with Gasteiger partial charge in [-0.1, -0.05) is 43.1 Å². The summed E-state index contributed by atoms with van der Waals surface area (Å²) in [5, 5.41) is 0. The third kappa shape index (κ3) is 5.02. The Kier molecular flexibility index (Phi) is 6.82. The van der Waals surface area contributed by atoms with Gasteiger partial charge < -0.3 is 9.47 Å². The van der Waals surface area contributed by atoms with Gasteiger partial charge in [-0.05, 0) is 31.0 Å². The average molecular weight is 319 g/mol. The minimum absolute atomic E-state index is 0.237. The van der Waals surface area contributed by atoms with E-state index in [2.05, 4.69) is 0 Å². The van der Waals surface area contributed by atoms with Crippen LogP contribution >= 0.6 is 23.2 Å². The lowest BCUT2D eigenvalue weighted by molar-refractivity contribution is 0.0442. The van der Waals surface area contributed by atoms with Crippen LogP contribution in [0.1, 0.15) is 47.4 Å². The minimum atomic E-state index is -0.689. The van der Waals surface area contributed by atoms with Crippen LogP contribution in [0.25, 0.3) is 0 Å². The van der Waals surface area contributed by atoms with Crippen molar-refractivity contribution in [2.45, 2.75) is 37.8 Å². The highest BCUT2D eigenvalue weighted by molar-refractivity contribution is 6.20. The number of hydrogen-bond acceptors (Lipinski definition) is 4. The molecule has 0 bridgehead atoms. The Morgan fingerprint density at radius 1 is 1.00 bits per heavy atom. The smallest absolute Gasteiger partial charge is 0.339 e. The molecule has 1 rings (SSSR count). The summed E-state index contributed by atoms with van der Waals surface area (Å²) in [6.45, 7) is 3.59. The van der Waals surface area contributed by atoms with Gasteiger partial charge in [-0.3, -0.25) is 0 Å². The number of benzene rings is 1. The van der Waals surface area contributed by atoms with Gasteiger partial charge in [0.05, 0.1) is 11.1 Å². The van der Waals surface area contributed by atoms with Crippen LogP contribution < -0.4 is 0 Å². The predicted molar refractivity (Wildman–Crippen MR) is 77.1 cm³/mol. The molecule has 2 unspecified atom stereocenters. The molecule has 0 fully saturated rings. The zero-order chi connectivity index (χ0) is 15.1. The van der Waals surface area contributed by atoms with E-state index in [0.29, 0.717) is 12.8 Å². The van der Waals surface area contributed by atoms with E-state index in [1.54, 1.807) is 19.9 Å². The van der Waals surface area contributed by atoms with Crippen molar-refractivity contribution >= 4 is 35.1 Å². The molecular formula is C14H16Cl2O4. The molecule has 110 valence electrons. The third-order valence-corrected chi connectivity index (χ3v) is 3.24. The summed E-state index contributed by atoms with van der Waals surface area (Å²) in [7, 11) is 0. The number of esters is 2. The Morgan fingerprint density at radius 2 is 1.40 bits per heavy atom. The Morgan fingerprint density at radius 3 is 1.75 bits per heavy atom. The lowest BCUT2D eigenvalue weighted by Gasteiger charge is -2.11. The van der Waals surface area contributed by atoms with Crippen molar-refractivity contribution in [2.24, 2.45) is 0 Å². The number of halogens is 2. The number of carbonyl (C=O) groups excluding carboxylic acids is 2. The maximum absolute atomic E-state index is 11.8. The van der Waals surface area contributed by atoms with Gasteiger partial charge in [0.15, 0.2) is 11.1 Å². The monoisotopic (exact) mass is 318 g/mol. The van der Waals surface area contributed by atoms with E-state index in [-0.39, 0.29) is 11.1 Å². The SMILES string of the molecule is CCC(Cl)OC(=O)c1cccc(C(=O)OC(Cl)CC)c1. The highest BCUT2D eigenvalue weighted by atomic mass is 35.5. The lowest BCUT2D eigenvalue weighted by Crippen LogP contribution is -2.15. The first-order chi connectivity index (χ1) is 9.47. The van der Waals surface area contributed by atoms with Crippen molar-refractivity contribution in [3.63, 3.8) is 0 Å². The topological polar surface area (TPSA) is 52.6 Å². The molecule has 4 nitrogen and oxygen atoms in total. The molecule has 0 N–H and O–H groups in total.